The van der Waals surface area contributed by atoms with Crippen LogP contribution in [0.4, 0.5) is 13.2 Å². The van der Waals surface area contributed by atoms with E-state index in [9.17, 15) is 22.8 Å². The van der Waals surface area contributed by atoms with Crippen molar-refractivity contribution in [2.75, 3.05) is 7.11 Å². The van der Waals surface area contributed by atoms with Crippen LogP contribution in [0.2, 0.25) is 0 Å². The van der Waals surface area contributed by atoms with Crippen molar-refractivity contribution in [2.24, 2.45) is 0 Å². The number of aromatic nitrogens is 4. The maximum Gasteiger partial charge on any atom is 0.389 e. The summed E-state index contributed by atoms with van der Waals surface area (Å²) < 4.78 is 47.7. The van der Waals surface area contributed by atoms with Crippen LogP contribution in [0.25, 0.3) is 5.65 Å². The number of hydrogen-bond donors (Lipinski definition) is 2. The predicted molar refractivity (Wildman–Crippen MR) is 98.5 cm³/mol. The maximum absolute atomic E-state index is 12.3. The van der Waals surface area contributed by atoms with Crippen LogP contribution in [0.5, 0.6) is 0 Å². The van der Waals surface area contributed by atoms with Crippen LogP contribution >= 0.6 is 0 Å². The standard InChI is InChI=1S/C18H19F3N6O4/c1-30-10-14-13(9-31-26-14)17(29)23-7-12-8-27-15(25-12)4-11(6-24-27)5-22-16(28)2-3-18(19,20)21/h4,6,8-9H,2-3,5,7,10H2,1H3,(H,22,28)(H,23,29). The van der Waals surface area contributed by atoms with E-state index in [0.29, 0.717) is 22.6 Å². The van der Waals surface area contributed by atoms with Crippen LogP contribution in [0.3, 0.4) is 0 Å². The van der Waals surface area contributed by atoms with Gasteiger partial charge >= 0.3 is 6.18 Å². The number of imidazole rings is 1. The van der Waals surface area contributed by atoms with Crippen LogP contribution in [-0.4, -0.2) is 44.9 Å². The topological polar surface area (TPSA) is 124 Å². The summed E-state index contributed by atoms with van der Waals surface area (Å²) in [4.78, 5) is 28.2. The van der Waals surface area contributed by atoms with E-state index in [1.165, 1.54) is 24.1 Å². The summed E-state index contributed by atoms with van der Waals surface area (Å²) in [6.07, 6.45) is -1.87. The van der Waals surface area contributed by atoms with Crippen LogP contribution in [0.15, 0.2) is 29.2 Å². The van der Waals surface area contributed by atoms with Gasteiger partial charge in [0.25, 0.3) is 5.91 Å². The number of carbonyl (C=O) groups excluding carboxylic acids is 2. The van der Waals surface area contributed by atoms with Gasteiger partial charge in [0.2, 0.25) is 5.91 Å². The Kier molecular flexibility index (Phi) is 6.84. The van der Waals surface area contributed by atoms with Gasteiger partial charge < -0.3 is 19.9 Å². The van der Waals surface area contributed by atoms with E-state index in [-0.39, 0.29) is 25.3 Å². The molecule has 0 spiro atoms. The molecule has 3 heterocycles. The number of ether oxygens (including phenoxy) is 1. The molecule has 166 valence electrons. The van der Waals surface area contributed by atoms with Crippen LogP contribution in [0, 0.1) is 0 Å². The lowest BCUT2D eigenvalue weighted by molar-refractivity contribution is -0.144. The number of rotatable bonds is 9. The maximum atomic E-state index is 12.3. The van der Waals surface area contributed by atoms with Crippen LogP contribution in [-0.2, 0) is 29.2 Å². The number of nitrogens with one attached hydrogen (secondary N) is 2. The second-order valence-corrected chi connectivity index (χ2v) is 6.58. The molecule has 0 radical (unpaired) electrons. The Morgan fingerprint density at radius 1 is 1.26 bits per heavy atom. The number of hydrogen-bond acceptors (Lipinski definition) is 7. The quantitative estimate of drug-likeness (QED) is 0.520. The number of carbonyl (C=O) groups is 2. The zero-order chi connectivity index (χ0) is 22.4. The molecule has 0 aromatic carbocycles. The molecule has 0 aliphatic heterocycles. The first-order chi connectivity index (χ1) is 14.7. The zero-order valence-corrected chi connectivity index (χ0v) is 16.4. The number of nitrogens with zero attached hydrogens (tertiary/aromatic N) is 4. The van der Waals surface area contributed by atoms with Gasteiger partial charge in [-0.3, -0.25) is 9.59 Å². The minimum Gasteiger partial charge on any atom is -0.378 e. The van der Waals surface area contributed by atoms with E-state index >= 15 is 0 Å². The Balaban J connectivity index is 1.56. The Hall–Kier alpha value is -3.48. The van der Waals surface area contributed by atoms with Crippen molar-refractivity contribution in [1.29, 1.82) is 0 Å². The van der Waals surface area contributed by atoms with Crippen molar-refractivity contribution in [3.05, 3.63) is 47.2 Å². The number of fused-ring (bicyclic) bond motifs is 1. The van der Waals surface area contributed by atoms with E-state index in [4.69, 9.17) is 9.26 Å². The summed E-state index contributed by atoms with van der Waals surface area (Å²) in [5, 5.41) is 13.0. The molecule has 0 fully saturated rings. The fourth-order valence-electron chi connectivity index (χ4n) is 2.64. The lowest BCUT2D eigenvalue weighted by Gasteiger charge is -2.07. The Morgan fingerprint density at radius 3 is 2.81 bits per heavy atom. The Bertz CT molecular complexity index is 1060. The van der Waals surface area contributed by atoms with E-state index in [1.54, 1.807) is 12.3 Å². The molecule has 10 nitrogen and oxygen atoms in total. The fourth-order valence-corrected chi connectivity index (χ4v) is 2.64. The molecule has 3 aromatic heterocycles. The summed E-state index contributed by atoms with van der Waals surface area (Å²) in [7, 11) is 1.47. The van der Waals surface area contributed by atoms with Gasteiger partial charge in [0, 0.05) is 20.1 Å². The normalized spacial score (nSPS) is 11.6. The first-order valence-electron chi connectivity index (χ1n) is 9.12. The highest BCUT2D eigenvalue weighted by Gasteiger charge is 2.27. The minimum absolute atomic E-state index is 0.0227. The Labute approximate surface area is 173 Å². The lowest BCUT2D eigenvalue weighted by atomic mass is 10.2. The highest BCUT2D eigenvalue weighted by molar-refractivity contribution is 5.94. The van der Waals surface area contributed by atoms with E-state index in [2.05, 4.69) is 25.9 Å². The van der Waals surface area contributed by atoms with Crippen molar-refractivity contribution >= 4 is 17.5 Å². The van der Waals surface area contributed by atoms with E-state index < -0.39 is 30.8 Å². The first kappa shape index (κ1) is 22.2. The third-order valence-electron chi connectivity index (χ3n) is 4.15. The van der Waals surface area contributed by atoms with Crippen molar-refractivity contribution in [3.8, 4) is 0 Å². The van der Waals surface area contributed by atoms with Gasteiger partial charge in [0.15, 0.2) is 5.65 Å². The molecule has 0 saturated heterocycles. The van der Waals surface area contributed by atoms with Gasteiger partial charge in [-0.1, -0.05) is 5.16 Å². The molecule has 3 rings (SSSR count). The van der Waals surface area contributed by atoms with Crippen molar-refractivity contribution in [1.82, 2.24) is 30.4 Å². The predicted octanol–water partition coefficient (Wildman–Crippen LogP) is 1.75. The molecule has 0 atom stereocenters. The number of alkyl halides is 3. The SMILES string of the molecule is COCc1nocc1C(=O)NCc1cn2ncc(CNC(=O)CCC(F)(F)F)cc2n1. The molecule has 0 saturated carbocycles. The molecule has 2 amide bonds. The lowest BCUT2D eigenvalue weighted by Crippen LogP contribution is -2.24. The van der Waals surface area contributed by atoms with Crippen LogP contribution < -0.4 is 10.6 Å². The van der Waals surface area contributed by atoms with Crippen LogP contribution in [0.1, 0.15) is 40.2 Å². The van der Waals surface area contributed by atoms with Gasteiger partial charge in [-0.05, 0) is 11.6 Å². The first-order valence-corrected chi connectivity index (χ1v) is 9.12. The molecule has 2 N–H and O–H groups in total. The molecular formula is C18H19F3N6O4. The van der Waals surface area contributed by atoms with Gasteiger partial charge in [-0.15, -0.1) is 0 Å². The molecular weight excluding hydrogens is 421 g/mol. The zero-order valence-electron chi connectivity index (χ0n) is 16.4. The van der Waals surface area contributed by atoms with Crippen molar-refractivity contribution < 1.29 is 32.0 Å². The summed E-state index contributed by atoms with van der Waals surface area (Å²) in [6, 6.07) is 1.64. The average Bonchev–Trinajstić information content (AvgIpc) is 3.34. The average molecular weight is 440 g/mol. The molecule has 0 unspecified atom stereocenters. The largest absolute Gasteiger partial charge is 0.389 e. The van der Waals surface area contributed by atoms with E-state index in [0.717, 1.165) is 0 Å². The van der Waals surface area contributed by atoms with Gasteiger partial charge in [0.05, 0.1) is 37.7 Å². The highest BCUT2D eigenvalue weighted by Crippen LogP contribution is 2.21. The van der Waals surface area contributed by atoms with Crippen molar-refractivity contribution in [2.45, 2.75) is 38.7 Å². The fraction of sp³-hybridized carbons (Fsp3) is 0.389. The molecule has 13 heteroatoms. The number of halogens is 3. The third kappa shape index (κ3) is 6.25. The smallest absolute Gasteiger partial charge is 0.378 e. The summed E-state index contributed by atoms with van der Waals surface area (Å²) in [6.45, 7) is 0.269. The molecule has 0 aliphatic rings. The van der Waals surface area contributed by atoms with Gasteiger partial charge in [0.1, 0.15) is 17.5 Å². The summed E-state index contributed by atoms with van der Waals surface area (Å²) in [5.74, 6) is -1.11. The van der Waals surface area contributed by atoms with Gasteiger partial charge in [-0.25, -0.2) is 9.50 Å². The van der Waals surface area contributed by atoms with Gasteiger partial charge in [-0.2, -0.15) is 18.3 Å². The highest BCUT2D eigenvalue weighted by atomic mass is 19.4. The second kappa shape index (κ2) is 9.55. The molecule has 0 aliphatic carbocycles. The molecule has 31 heavy (non-hydrogen) atoms. The summed E-state index contributed by atoms with van der Waals surface area (Å²) in [5.41, 5.74) is 2.18. The van der Waals surface area contributed by atoms with Crippen molar-refractivity contribution in [3.63, 3.8) is 0 Å². The molecule has 3 aromatic rings. The third-order valence-corrected chi connectivity index (χ3v) is 4.15. The Morgan fingerprint density at radius 2 is 2.06 bits per heavy atom. The number of amides is 2. The van der Waals surface area contributed by atoms with E-state index in [1.807, 2.05) is 0 Å². The minimum atomic E-state index is -4.38. The summed E-state index contributed by atoms with van der Waals surface area (Å²) >= 11 is 0. The molecule has 0 bridgehead atoms. The number of methoxy groups -OCH3 is 1. The second-order valence-electron chi connectivity index (χ2n) is 6.58. The monoisotopic (exact) mass is 440 g/mol.